The van der Waals surface area contributed by atoms with E-state index in [1.165, 1.54) is 24.3 Å². The van der Waals surface area contributed by atoms with E-state index in [2.05, 4.69) is 31.1 Å². The number of nitrogens with one attached hydrogen (secondary N) is 1. The van der Waals surface area contributed by atoms with Crippen molar-refractivity contribution in [3.8, 4) is 5.75 Å². The average Bonchev–Trinajstić information content (AvgIpc) is 2.87. The molecule has 2 aromatic rings. The van der Waals surface area contributed by atoms with E-state index in [9.17, 15) is 22.5 Å². The molecule has 1 aliphatic rings. The first-order valence-corrected chi connectivity index (χ1v) is 18.3. The molecule has 1 saturated carbocycles. The molecule has 1 aromatic heterocycles. The van der Waals surface area contributed by atoms with Crippen molar-refractivity contribution >= 4 is 24.8 Å². The summed E-state index contributed by atoms with van der Waals surface area (Å²) >= 11 is 0. The second kappa shape index (κ2) is 14.3. The molecule has 1 aliphatic carbocycles. The smallest absolute Gasteiger partial charge is 0.475 e. The lowest BCUT2D eigenvalue weighted by Gasteiger charge is -2.37. The number of ether oxygens (including phenoxy) is 2. The van der Waals surface area contributed by atoms with E-state index in [1.54, 1.807) is 69.2 Å². The molecule has 0 bridgehead atoms. The third-order valence-corrected chi connectivity index (χ3v) is 9.92. The van der Waals surface area contributed by atoms with Gasteiger partial charge in [-0.2, -0.15) is 13.2 Å². The lowest BCUT2D eigenvalue weighted by Crippen LogP contribution is -2.49. The number of halogens is 3. The van der Waals surface area contributed by atoms with Crippen LogP contribution in [-0.2, 0) is 34.6 Å². The van der Waals surface area contributed by atoms with Gasteiger partial charge in [-0.25, -0.2) is 9.36 Å². The van der Waals surface area contributed by atoms with Crippen molar-refractivity contribution in [2.75, 3.05) is 6.61 Å². The maximum Gasteiger partial charge on any atom is 0.475 e. The van der Waals surface area contributed by atoms with Crippen LogP contribution in [0.3, 0.4) is 0 Å². The van der Waals surface area contributed by atoms with Gasteiger partial charge in [-0.3, -0.25) is 18.6 Å². The molecule has 3 rings (SSSR count). The zero-order valence-electron chi connectivity index (χ0n) is 31.4. The SMILES string of the molecule is CC(C)(C)OC(=O)NC(C)(COP(=O)(OC(C)(C)C)OC(C)(C)C)c1ccc2c(C(F)(F)F)c(O[C@H]3CC[C@H](C(C)(C)C)CC3)ccc2n1. The summed E-state index contributed by atoms with van der Waals surface area (Å²) in [4.78, 5) is 17.6. The minimum Gasteiger partial charge on any atom is -0.490 e. The number of carbonyl (C=O) groups excluding carboxylic acids is 1. The number of benzene rings is 1. The highest BCUT2D eigenvalue weighted by atomic mass is 31.2. The number of phosphoric acid groups is 1. The third kappa shape index (κ3) is 12.1. The van der Waals surface area contributed by atoms with Gasteiger partial charge in [-0.15, -0.1) is 0 Å². The Kier molecular flexibility index (Phi) is 12.0. The van der Waals surface area contributed by atoms with Crippen LogP contribution < -0.4 is 10.1 Å². The number of hydrogen-bond donors (Lipinski definition) is 1. The summed E-state index contributed by atoms with van der Waals surface area (Å²) in [6.07, 6.45) is -2.80. The maximum atomic E-state index is 14.7. The molecular formula is C36H56F3N2O7P. The third-order valence-electron chi connectivity index (χ3n) is 7.93. The number of carbonyl (C=O) groups is 1. The standard InChI is InChI=1S/C36H56F3N2O7P/c1-31(2,3)23-14-16-24(17-15-23)45-27-20-19-26-25(29(27)36(37,38)39)18-21-28(40-26)35(13,41-30(42)46-32(4,5)6)22-44-49(43,47-33(7,8)9)48-34(10,11)12/h18-21,23-24H,14-17,22H2,1-13H3,(H,41,42)/t23-,24-,35?. The van der Waals surface area contributed by atoms with E-state index < -0.39 is 54.6 Å². The Morgan fingerprint density at radius 3 is 1.84 bits per heavy atom. The lowest BCUT2D eigenvalue weighted by atomic mass is 9.72. The fourth-order valence-electron chi connectivity index (χ4n) is 5.76. The molecule has 1 fully saturated rings. The van der Waals surface area contributed by atoms with Gasteiger partial charge >= 0.3 is 20.1 Å². The molecule has 9 nitrogen and oxygen atoms in total. The van der Waals surface area contributed by atoms with Crippen molar-refractivity contribution in [3.63, 3.8) is 0 Å². The van der Waals surface area contributed by atoms with Gasteiger partial charge in [0.1, 0.15) is 22.5 Å². The molecule has 1 unspecified atom stereocenters. The zero-order chi connectivity index (χ0) is 37.4. The largest absolute Gasteiger partial charge is 0.490 e. The average molecular weight is 717 g/mol. The van der Waals surface area contributed by atoms with Gasteiger partial charge in [0, 0.05) is 5.39 Å². The van der Waals surface area contributed by atoms with Crippen LogP contribution in [0.5, 0.6) is 5.75 Å². The number of alkyl carbamates (subject to hydrolysis) is 1. The highest BCUT2D eigenvalue weighted by Crippen LogP contribution is 2.56. The Balaban J connectivity index is 2.05. The van der Waals surface area contributed by atoms with Crippen LogP contribution in [-0.4, -0.2) is 40.6 Å². The van der Waals surface area contributed by atoms with E-state index in [4.69, 9.17) is 23.0 Å². The van der Waals surface area contributed by atoms with Crippen LogP contribution in [0, 0.1) is 11.3 Å². The van der Waals surface area contributed by atoms with Crippen molar-refractivity contribution in [1.82, 2.24) is 10.3 Å². The second-order valence-corrected chi connectivity index (χ2v) is 18.8. The molecule has 278 valence electrons. The molecule has 0 aliphatic heterocycles. The van der Waals surface area contributed by atoms with Gasteiger partial charge in [0.2, 0.25) is 0 Å². The molecule has 0 radical (unpaired) electrons. The van der Waals surface area contributed by atoms with E-state index >= 15 is 0 Å². The number of rotatable bonds is 9. The molecule has 1 heterocycles. The quantitative estimate of drug-likeness (QED) is 0.256. The summed E-state index contributed by atoms with van der Waals surface area (Å²) in [5.74, 6) is 0.238. The molecule has 0 saturated heterocycles. The number of phosphoric ester groups is 1. The first-order valence-electron chi connectivity index (χ1n) is 16.8. The highest BCUT2D eigenvalue weighted by molar-refractivity contribution is 7.48. The van der Waals surface area contributed by atoms with E-state index in [1.807, 2.05) is 0 Å². The number of hydrogen-bond acceptors (Lipinski definition) is 8. The van der Waals surface area contributed by atoms with Crippen LogP contribution >= 0.6 is 7.82 Å². The highest BCUT2D eigenvalue weighted by Gasteiger charge is 2.43. The van der Waals surface area contributed by atoms with Crippen LogP contribution in [0.4, 0.5) is 18.0 Å². The van der Waals surface area contributed by atoms with E-state index in [-0.39, 0.29) is 33.9 Å². The van der Waals surface area contributed by atoms with Gasteiger partial charge in [-0.05, 0) is 124 Å². The molecule has 1 atom stereocenters. The second-order valence-electron chi connectivity index (χ2n) is 17.2. The topological polar surface area (TPSA) is 105 Å². The number of amides is 1. The molecular weight excluding hydrogens is 660 g/mol. The summed E-state index contributed by atoms with van der Waals surface area (Å²) in [5, 5.41) is 2.57. The van der Waals surface area contributed by atoms with E-state index in [0.29, 0.717) is 18.8 Å². The van der Waals surface area contributed by atoms with Gasteiger partial charge in [0.05, 0.1) is 35.1 Å². The number of aromatic nitrogens is 1. The van der Waals surface area contributed by atoms with Crippen LogP contribution in [0.25, 0.3) is 10.9 Å². The molecule has 13 heteroatoms. The van der Waals surface area contributed by atoms with Gasteiger partial charge in [0.15, 0.2) is 0 Å². The lowest BCUT2D eigenvalue weighted by molar-refractivity contribution is -0.138. The first kappa shape index (κ1) is 41.0. The predicted molar refractivity (Wildman–Crippen MR) is 185 cm³/mol. The number of nitrogens with zero attached hydrogens (tertiary/aromatic N) is 1. The van der Waals surface area contributed by atoms with Gasteiger partial charge in [0.25, 0.3) is 0 Å². The zero-order valence-corrected chi connectivity index (χ0v) is 32.3. The molecule has 49 heavy (non-hydrogen) atoms. The monoisotopic (exact) mass is 716 g/mol. The Morgan fingerprint density at radius 2 is 1.37 bits per heavy atom. The minimum absolute atomic E-state index is 0.0193. The van der Waals surface area contributed by atoms with Crippen molar-refractivity contribution in [2.24, 2.45) is 11.3 Å². The summed E-state index contributed by atoms with van der Waals surface area (Å²) < 4.78 is 86.8. The molecule has 1 amide bonds. The summed E-state index contributed by atoms with van der Waals surface area (Å²) in [5.41, 5.74) is -4.94. The van der Waals surface area contributed by atoms with Crippen molar-refractivity contribution < 1.29 is 45.6 Å². The van der Waals surface area contributed by atoms with Crippen molar-refractivity contribution in [1.29, 1.82) is 0 Å². The summed E-state index contributed by atoms with van der Waals surface area (Å²) in [7, 11) is -4.26. The van der Waals surface area contributed by atoms with Crippen molar-refractivity contribution in [2.45, 2.75) is 150 Å². The van der Waals surface area contributed by atoms with Crippen LogP contribution in [0.2, 0.25) is 0 Å². The molecule has 1 aromatic carbocycles. The number of pyridine rings is 1. The fourth-order valence-corrected chi connectivity index (χ4v) is 7.66. The summed E-state index contributed by atoms with van der Waals surface area (Å²) in [6.45, 7) is 22.8. The Bertz CT molecular complexity index is 1490. The van der Waals surface area contributed by atoms with Crippen LogP contribution in [0.15, 0.2) is 24.3 Å². The number of fused-ring (bicyclic) bond motifs is 1. The Morgan fingerprint density at radius 1 is 0.816 bits per heavy atom. The van der Waals surface area contributed by atoms with Gasteiger partial charge < -0.3 is 14.8 Å². The normalized spacial score (nSPS) is 19.8. The molecule has 1 N–H and O–H groups in total. The van der Waals surface area contributed by atoms with Gasteiger partial charge in [-0.1, -0.05) is 26.8 Å². The number of alkyl halides is 3. The minimum atomic E-state index is -4.73. The Labute approximate surface area is 290 Å². The molecule has 0 spiro atoms. The predicted octanol–water partition coefficient (Wildman–Crippen LogP) is 10.7. The van der Waals surface area contributed by atoms with Crippen LogP contribution in [0.1, 0.15) is 127 Å². The fraction of sp³-hybridized carbons (Fsp3) is 0.722. The first-order chi connectivity index (χ1) is 22.0. The van der Waals surface area contributed by atoms with Crippen molar-refractivity contribution in [3.05, 3.63) is 35.5 Å². The maximum absolute atomic E-state index is 14.7. The van der Waals surface area contributed by atoms with E-state index in [0.717, 1.165) is 12.8 Å². The Hall–Kier alpha value is -2.40. The summed E-state index contributed by atoms with van der Waals surface area (Å²) in [6, 6.07) is 5.44.